The van der Waals surface area contributed by atoms with Gasteiger partial charge in [0.15, 0.2) is 0 Å². The minimum absolute atomic E-state index is 0.274. The Labute approximate surface area is 103 Å². The first-order chi connectivity index (χ1) is 7.52. The number of hydrogen-bond acceptors (Lipinski definition) is 2. The zero-order chi connectivity index (χ0) is 11.9. The van der Waals surface area contributed by atoms with Gasteiger partial charge in [0.05, 0.1) is 5.37 Å². The highest BCUT2D eigenvalue weighted by atomic mass is 32.2. The third kappa shape index (κ3) is 1.99. The maximum atomic E-state index is 12.5. The number of piperidine rings is 1. The third-order valence-electron chi connectivity index (χ3n) is 4.00. The Morgan fingerprint density at radius 1 is 1.19 bits per heavy atom. The summed E-state index contributed by atoms with van der Waals surface area (Å²) in [5.41, 5.74) is 0. The highest BCUT2D eigenvalue weighted by Crippen LogP contribution is 2.41. The van der Waals surface area contributed by atoms with Crippen molar-refractivity contribution in [2.75, 3.05) is 5.75 Å². The number of thioether (sulfide) groups is 1. The van der Waals surface area contributed by atoms with Crippen LogP contribution in [0.4, 0.5) is 0 Å². The van der Waals surface area contributed by atoms with Crippen LogP contribution in [0.1, 0.15) is 40.5 Å². The van der Waals surface area contributed by atoms with Gasteiger partial charge in [-0.1, -0.05) is 27.7 Å². The standard InChI is InChI=1S/C13H23NOS/c1-8(2)10-5-6-12-14(13(10)15)11(7-16-12)9(3)4/h8-12H,5-7H2,1-4H3/t10-,11+,12-/m1/s1. The second kappa shape index (κ2) is 4.59. The molecule has 0 saturated carbocycles. The number of nitrogens with zero attached hydrogens (tertiary/aromatic N) is 1. The number of carbonyl (C=O) groups is 1. The summed E-state index contributed by atoms with van der Waals surface area (Å²) in [5.74, 6) is 2.92. The topological polar surface area (TPSA) is 20.3 Å². The number of amides is 1. The molecule has 2 heterocycles. The van der Waals surface area contributed by atoms with E-state index in [1.807, 2.05) is 11.8 Å². The van der Waals surface area contributed by atoms with Crippen molar-refractivity contribution in [3.63, 3.8) is 0 Å². The van der Waals surface area contributed by atoms with E-state index < -0.39 is 0 Å². The Balaban J connectivity index is 2.16. The molecule has 0 aromatic heterocycles. The average Bonchev–Trinajstić information content (AvgIpc) is 2.61. The van der Waals surface area contributed by atoms with E-state index in [4.69, 9.17) is 0 Å². The Hall–Kier alpha value is -0.180. The first-order valence-corrected chi connectivity index (χ1v) is 7.51. The molecule has 0 bridgehead atoms. The van der Waals surface area contributed by atoms with Crippen LogP contribution >= 0.6 is 11.8 Å². The third-order valence-corrected chi connectivity index (χ3v) is 5.38. The van der Waals surface area contributed by atoms with Gasteiger partial charge >= 0.3 is 0 Å². The van der Waals surface area contributed by atoms with E-state index in [0.717, 1.165) is 12.2 Å². The molecule has 0 aromatic carbocycles. The quantitative estimate of drug-likeness (QED) is 0.741. The molecule has 0 spiro atoms. The predicted octanol–water partition coefficient (Wildman–Crippen LogP) is 2.98. The molecule has 92 valence electrons. The van der Waals surface area contributed by atoms with E-state index in [1.165, 1.54) is 6.42 Å². The maximum Gasteiger partial charge on any atom is 0.227 e. The van der Waals surface area contributed by atoms with E-state index in [2.05, 4.69) is 32.6 Å². The molecule has 2 nitrogen and oxygen atoms in total. The first kappa shape index (κ1) is 12.3. The molecule has 0 aliphatic carbocycles. The molecule has 1 amide bonds. The van der Waals surface area contributed by atoms with Gasteiger partial charge in [0, 0.05) is 17.7 Å². The zero-order valence-corrected chi connectivity index (χ0v) is 11.6. The van der Waals surface area contributed by atoms with Gasteiger partial charge in [-0.3, -0.25) is 4.79 Å². The second-order valence-corrected chi connectivity index (χ2v) is 6.98. The number of fused-ring (bicyclic) bond motifs is 1. The van der Waals surface area contributed by atoms with Crippen molar-refractivity contribution in [3.8, 4) is 0 Å². The number of hydrogen-bond donors (Lipinski definition) is 0. The fourth-order valence-corrected chi connectivity index (χ4v) is 4.57. The molecule has 3 atom stereocenters. The summed E-state index contributed by atoms with van der Waals surface area (Å²) in [6, 6.07) is 0.476. The van der Waals surface area contributed by atoms with E-state index in [1.54, 1.807) is 0 Å². The van der Waals surface area contributed by atoms with Crippen LogP contribution in [0.25, 0.3) is 0 Å². The van der Waals surface area contributed by atoms with Crippen LogP contribution in [-0.4, -0.2) is 28.0 Å². The van der Waals surface area contributed by atoms with Crippen LogP contribution in [-0.2, 0) is 4.79 Å². The summed E-state index contributed by atoms with van der Waals surface area (Å²) in [6.45, 7) is 8.83. The second-order valence-electron chi connectivity index (χ2n) is 5.77. The van der Waals surface area contributed by atoms with Gasteiger partial charge in [0.2, 0.25) is 5.91 Å². The fraction of sp³-hybridized carbons (Fsp3) is 0.923. The van der Waals surface area contributed by atoms with Crippen LogP contribution in [0.3, 0.4) is 0 Å². The van der Waals surface area contributed by atoms with E-state index in [-0.39, 0.29) is 5.92 Å². The van der Waals surface area contributed by atoms with Gasteiger partial charge in [-0.25, -0.2) is 0 Å². The lowest BCUT2D eigenvalue weighted by Crippen LogP contribution is -2.50. The van der Waals surface area contributed by atoms with Crippen molar-refractivity contribution in [1.29, 1.82) is 0 Å². The minimum Gasteiger partial charge on any atom is -0.326 e. The summed E-state index contributed by atoms with van der Waals surface area (Å²) in [4.78, 5) is 14.7. The first-order valence-electron chi connectivity index (χ1n) is 6.46. The summed E-state index contributed by atoms with van der Waals surface area (Å²) in [7, 11) is 0. The number of rotatable bonds is 2. The summed E-state index contributed by atoms with van der Waals surface area (Å²) in [5, 5.41) is 0.481. The molecule has 0 aromatic rings. The van der Waals surface area contributed by atoms with Crippen LogP contribution in [0.5, 0.6) is 0 Å². The minimum atomic E-state index is 0.274. The highest BCUT2D eigenvalue weighted by molar-refractivity contribution is 8.00. The Morgan fingerprint density at radius 3 is 2.44 bits per heavy atom. The maximum absolute atomic E-state index is 12.5. The molecular formula is C13H23NOS. The highest BCUT2D eigenvalue weighted by Gasteiger charge is 2.45. The van der Waals surface area contributed by atoms with Gasteiger partial charge < -0.3 is 4.90 Å². The normalized spacial score (nSPS) is 35.0. The van der Waals surface area contributed by atoms with Gasteiger partial charge in [0.1, 0.15) is 0 Å². The van der Waals surface area contributed by atoms with Gasteiger partial charge in [-0.2, -0.15) is 0 Å². The molecular weight excluding hydrogens is 218 g/mol. The fourth-order valence-electron chi connectivity index (χ4n) is 2.88. The molecule has 0 unspecified atom stereocenters. The zero-order valence-electron chi connectivity index (χ0n) is 10.8. The molecule has 0 radical (unpaired) electrons. The van der Waals surface area contributed by atoms with Crippen molar-refractivity contribution < 1.29 is 4.79 Å². The molecule has 16 heavy (non-hydrogen) atoms. The van der Waals surface area contributed by atoms with Crippen molar-refractivity contribution in [3.05, 3.63) is 0 Å². The van der Waals surface area contributed by atoms with E-state index in [0.29, 0.717) is 29.2 Å². The Kier molecular flexibility index (Phi) is 3.53. The van der Waals surface area contributed by atoms with Crippen LogP contribution < -0.4 is 0 Å². The van der Waals surface area contributed by atoms with Gasteiger partial charge in [0.25, 0.3) is 0 Å². The molecule has 2 rings (SSSR count). The summed E-state index contributed by atoms with van der Waals surface area (Å²) in [6.07, 6.45) is 2.29. The van der Waals surface area contributed by atoms with Gasteiger partial charge in [-0.15, -0.1) is 11.8 Å². The van der Waals surface area contributed by atoms with Crippen molar-refractivity contribution in [1.82, 2.24) is 4.90 Å². The lowest BCUT2D eigenvalue weighted by Gasteiger charge is -2.40. The molecule has 0 N–H and O–H groups in total. The van der Waals surface area contributed by atoms with Crippen molar-refractivity contribution in [2.24, 2.45) is 17.8 Å². The largest absolute Gasteiger partial charge is 0.326 e. The molecule has 3 heteroatoms. The van der Waals surface area contributed by atoms with E-state index in [9.17, 15) is 4.79 Å². The van der Waals surface area contributed by atoms with Crippen LogP contribution in [0.15, 0.2) is 0 Å². The lowest BCUT2D eigenvalue weighted by atomic mass is 9.85. The van der Waals surface area contributed by atoms with E-state index >= 15 is 0 Å². The SMILES string of the molecule is CC(C)[C@H]1CC[C@H]2SC[C@@H](C(C)C)N2C1=O. The number of carbonyl (C=O) groups excluding carboxylic acids is 1. The molecule has 2 fully saturated rings. The van der Waals surface area contributed by atoms with Crippen LogP contribution in [0.2, 0.25) is 0 Å². The van der Waals surface area contributed by atoms with Crippen molar-refractivity contribution in [2.45, 2.75) is 52.0 Å². The summed E-state index contributed by atoms with van der Waals surface area (Å²) < 4.78 is 0. The van der Waals surface area contributed by atoms with Crippen molar-refractivity contribution >= 4 is 17.7 Å². The Bertz CT molecular complexity index is 277. The van der Waals surface area contributed by atoms with Crippen LogP contribution in [0, 0.1) is 17.8 Å². The molecule has 2 aliphatic heterocycles. The lowest BCUT2D eigenvalue weighted by molar-refractivity contribution is -0.143. The Morgan fingerprint density at radius 2 is 1.88 bits per heavy atom. The monoisotopic (exact) mass is 241 g/mol. The predicted molar refractivity (Wildman–Crippen MR) is 69.3 cm³/mol. The van der Waals surface area contributed by atoms with Gasteiger partial charge in [-0.05, 0) is 24.7 Å². The smallest absolute Gasteiger partial charge is 0.227 e. The molecule has 2 aliphatic rings. The average molecular weight is 241 g/mol. The summed E-state index contributed by atoms with van der Waals surface area (Å²) >= 11 is 1.99. The molecule has 2 saturated heterocycles.